The van der Waals surface area contributed by atoms with Gasteiger partial charge in [-0.15, -0.1) is 13.2 Å². The third kappa shape index (κ3) is 5.19. The summed E-state index contributed by atoms with van der Waals surface area (Å²) in [6, 6.07) is 11.3. The Hall–Kier alpha value is -4.81. The zero-order chi connectivity index (χ0) is 32.4. The van der Waals surface area contributed by atoms with Crippen molar-refractivity contribution in [1.29, 1.82) is 0 Å². The van der Waals surface area contributed by atoms with Crippen molar-refractivity contribution in [2.24, 2.45) is 17.8 Å². The van der Waals surface area contributed by atoms with Gasteiger partial charge in [0, 0.05) is 17.5 Å². The molecule has 13 heteroatoms. The quantitative estimate of drug-likeness (QED) is 0.228. The van der Waals surface area contributed by atoms with E-state index in [0.717, 1.165) is 23.4 Å². The summed E-state index contributed by atoms with van der Waals surface area (Å²) in [6.45, 7) is 6.32. The molecule has 45 heavy (non-hydrogen) atoms. The second-order valence-electron chi connectivity index (χ2n) is 12.1. The number of nitrogens with one attached hydrogen (secondary N) is 2. The molecule has 2 amide bonds. The monoisotopic (exact) mass is 624 g/mol. The Bertz CT molecular complexity index is 1850. The topological polar surface area (TPSA) is 134 Å². The number of aromatic nitrogens is 2. The SMILES string of the molecule is COC(=O)N[C@H](C(=O)N1C[C@@H](C)[C@H]2CC21c1nc2c(ccc3cc(-c4ccc(C(=O)O)cc4OC(F)(F)F)ccc32)[nH]1)C(C)C. The number of carbonyl (C=O) groups is 3. The van der Waals surface area contributed by atoms with Crippen molar-refractivity contribution >= 4 is 39.8 Å². The largest absolute Gasteiger partial charge is 0.573 e. The molecule has 1 aromatic heterocycles. The van der Waals surface area contributed by atoms with Crippen LogP contribution in [0.25, 0.3) is 32.9 Å². The first-order chi connectivity index (χ1) is 21.2. The second-order valence-corrected chi connectivity index (χ2v) is 12.1. The molecule has 4 aromatic rings. The number of methoxy groups -OCH3 is 1. The van der Waals surface area contributed by atoms with Gasteiger partial charge < -0.3 is 29.8 Å². The van der Waals surface area contributed by atoms with E-state index >= 15 is 0 Å². The van der Waals surface area contributed by atoms with Crippen LogP contribution in [0.1, 0.15) is 43.4 Å². The summed E-state index contributed by atoms with van der Waals surface area (Å²) in [5.74, 6) is -1.34. The van der Waals surface area contributed by atoms with Crippen molar-refractivity contribution < 1.29 is 42.1 Å². The molecule has 0 bridgehead atoms. The number of hydrogen-bond acceptors (Lipinski definition) is 6. The molecule has 3 aromatic carbocycles. The average molecular weight is 625 g/mol. The van der Waals surface area contributed by atoms with Crippen molar-refractivity contribution in [3.63, 3.8) is 0 Å². The number of rotatable bonds is 7. The van der Waals surface area contributed by atoms with Gasteiger partial charge in [0.2, 0.25) is 5.91 Å². The molecule has 1 saturated heterocycles. The highest BCUT2D eigenvalue weighted by atomic mass is 19.4. The molecule has 10 nitrogen and oxygen atoms in total. The lowest BCUT2D eigenvalue weighted by molar-refractivity contribution is -0.274. The molecule has 236 valence electrons. The van der Waals surface area contributed by atoms with Gasteiger partial charge in [-0.25, -0.2) is 14.6 Å². The number of carboxylic acids is 1. The van der Waals surface area contributed by atoms with Crippen molar-refractivity contribution in [1.82, 2.24) is 20.2 Å². The second kappa shape index (κ2) is 10.7. The van der Waals surface area contributed by atoms with Gasteiger partial charge in [-0.3, -0.25) is 4.79 Å². The molecule has 0 radical (unpaired) electrons. The van der Waals surface area contributed by atoms with E-state index in [1.807, 2.05) is 30.9 Å². The number of nitrogens with zero attached hydrogens (tertiary/aromatic N) is 2. The van der Waals surface area contributed by atoms with Crippen LogP contribution in [0.15, 0.2) is 48.5 Å². The van der Waals surface area contributed by atoms with Crippen LogP contribution in [0.2, 0.25) is 0 Å². The molecule has 6 rings (SSSR count). The number of carboxylic acid groups (broad SMARTS) is 1. The number of benzene rings is 3. The van der Waals surface area contributed by atoms with E-state index in [1.165, 1.54) is 19.2 Å². The van der Waals surface area contributed by atoms with Gasteiger partial charge in [0.1, 0.15) is 23.2 Å². The number of aromatic amines is 1. The standard InChI is InChI=1S/C32H31F3N4O6/c1-15(2)25(38-30(43)44-4)27(40)39-14-16(3)22-13-31(22,39)29-36-23-10-7-18-11-17(5-9-21(18)26(23)37-29)20-8-6-19(28(41)42)12-24(20)45-32(33,34)35/h5-12,15-16,22,25H,13-14H2,1-4H3,(H,36,37)(H,38,43)(H,41,42)/t16-,22-,25+,31?/m1/s1. The number of piperidine rings is 1. The highest BCUT2D eigenvalue weighted by Crippen LogP contribution is 2.64. The Morgan fingerprint density at radius 1 is 1.13 bits per heavy atom. The van der Waals surface area contributed by atoms with E-state index in [1.54, 1.807) is 18.2 Å². The lowest BCUT2D eigenvalue weighted by Gasteiger charge is -2.32. The van der Waals surface area contributed by atoms with Gasteiger partial charge in [-0.05, 0) is 65.5 Å². The smallest absolute Gasteiger partial charge is 0.478 e. The van der Waals surface area contributed by atoms with Crippen molar-refractivity contribution in [3.05, 3.63) is 59.9 Å². The normalized spacial score (nSPS) is 21.6. The minimum absolute atomic E-state index is 0.0797. The predicted octanol–water partition coefficient (Wildman–Crippen LogP) is 6.05. The molecule has 4 atom stereocenters. The van der Waals surface area contributed by atoms with E-state index in [9.17, 15) is 32.7 Å². The first-order valence-electron chi connectivity index (χ1n) is 14.5. The number of ether oxygens (including phenoxy) is 2. The van der Waals surface area contributed by atoms with Crippen LogP contribution in [0, 0.1) is 17.8 Å². The summed E-state index contributed by atoms with van der Waals surface area (Å²) in [6.07, 6.45) is -4.97. The molecule has 2 fully saturated rings. The van der Waals surface area contributed by atoms with Gasteiger partial charge in [0.05, 0.1) is 23.7 Å². The Labute approximate surface area is 255 Å². The molecule has 1 unspecified atom stereocenters. The fraction of sp³-hybridized carbons (Fsp3) is 0.375. The molecular formula is C32H31F3N4O6. The van der Waals surface area contributed by atoms with Gasteiger partial charge in [-0.2, -0.15) is 0 Å². The van der Waals surface area contributed by atoms with Crippen LogP contribution >= 0.6 is 0 Å². The number of fused-ring (bicyclic) bond motifs is 4. The molecule has 1 aliphatic heterocycles. The van der Waals surface area contributed by atoms with Crippen LogP contribution in [0.4, 0.5) is 18.0 Å². The lowest BCUT2D eigenvalue weighted by atomic mass is 9.98. The molecular weight excluding hydrogens is 593 g/mol. The van der Waals surface area contributed by atoms with Crippen molar-refractivity contribution in [2.45, 2.75) is 45.1 Å². The van der Waals surface area contributed by atoms with Crippen LogP contribution in [0.3, 0.4) is 0 Å². The zero-order valence-electron chi connectivity index (χ0n) is 24.9. The summed E-state index contributed by atoms with van der Waals surface area (Å²) < 4.78 is 48.5. The molecule has 0 spiro atoms. The Kier molecular flexibility index (Phi) is 7.17. The van der Waals surface area contributed by atoms with E-state index in [4.69, 9.17) is 9.72 Å². The van der Waals surface area contributed by atoms with E-state index in [0.29, 0.717) is 28.8 Å². The number of alkyl halides is 3. The number of H-pyrrole nitrogens is 1. The van der Waals surface area contributed by atoms with Crippen LogP contribution < -0.4 is 10.1 Å². The summed E-state index contributed by atoms with van der Waals surface area (Å²) in [5.41, 5.74) is 0.865. The number of halogens is 3. The number of aromatic carboxylic acids is 1. The molecule has 3 N–H and O–H groups in total. The molecule has 1 aliphatic carbocycles. The maximum Gasteiger partial charge on any atom is 0.573 e. The predicted molar refractivity (Wildman–Crippen MR) is 158 cm³/mol. The molecule has 2 heterocycles. The van der Waals surface area contributed by atoms with Crippen molar-refractivity contribution in [2.75, 3.05) is 13.7 Å². The fourth-order valence-corrected chi connectivity index (χ4v) is 6.67. The summed E-state index contributed by atoms with van der Waals surface area (Å²) in [4.78, 5) is 47.5. The molecule has 2 aliphatic rings. The number of alkyl carbamates (subject to hydrolysis) is 1. The fourth-order valence-electron chi connectivity index (χ4n) is 6.67. The highest BCUT2D eigenvalue weighted by Gasteiger charge is 2.69. The van der Waals surface area contributed by atoms with Gasteiger partial charge in [-0.1, -0.05) is 39.0 Å². The third-order valence-electron chi connectivity index (χ3n) is 8.92. The highest BCUT2D eigenvalue weighted by molar-refractivity contribution is 6.06. The van der Waals surface area contributed by atoms with Crippen LogP contribution in [-0.4, -0.2) is 64.0 Å². The number of hydrogen-bond donors (Lipinski definition) is 3. The number of carbonyl (C=O) groups excluding carboxylic acids is 2. The Morgan fingerprint density at radius 2 is 1.89 bits per heavy atom. The van der Waals surface area contributed by atoms with Gasteiger partial charge in [0.25, 0.3) is 0 Å². The molecule has 1 saturated carbocycles. The third-order valence-corrected chi connectivity index (χ3v) is 8.92. The number of likely N-dealkylation sites (tertiary alicyclic amines) is 1. The first kappa shape index (κ1) is 30.2. The minimum Gasteiger partial charge on any atom is -0.478 e. The van der Waals surface area contributed by atoms with Gasteiger partial charge in [0.15, 0.2) is 0 Å². The van der Waals surface area contributed by atoms with Crippen molar-refractivity contribution in [3.8, 4) is 16.9 Å². The lowest BCUT2D eigenvalue weighted by Crippen LogP contribution is -2.53. The summed E-state index contributed by atoms with van der Waals surface area (Å²) in [5, 5.41) is 13.4. The average Bonchev–Trinajstić information content (AvgIpc) is 3.46. The number of amides is 2. The van der Waals surface area contributed by atoms with Gasteiger partial charge >= 0.3 is 18.4 Å². The zero-order valence-corrected chi connectivity index (χ0v) is 24.9. The van der Waals surface area contributed by atoms with E-state index < -0.39 is 35.8 Å². The van der Waals surface area contributed by atoms with Crippen LogP contribution in [-0.2, 0) is 15.1 Å². The maximum absolute atomic E-state index is 13.9. The summed E-state index contributed by atoms with van der Waals surface area (Å²) in [7, 11) is 1.25. The first-order valence-corrected chi connectivity index (χ1v) is 14.5. The number of imidazole rings is 1. The van der Waals surface area contributed by atoms with E-state index in [2.05, 4.69) is 22.0 Å². The summed E-state index contributed by atoms with van der Waals surface area (Å²) >= 11 is 0. The van der Waals surface area contributed by atoms with Crippen LogP contribution in [0.5, 0.6) is 5.75 Å². The Balaban J connectivity index is 1.38. The maximum atomic E-state index is 13.9. The Morgan fingerprint density at radius 3 is 2.53 bits per heavy atom. The van der Waals surface area contributed by atoms with E-state index in [-0.39, 0.29) is 34.8 Å². The minimum atomic E-state index is -5.02.